The van der Waals surface area contributed by atoms with E-state index >= 15 is 0 Å². The summed E-state index contributed by atoms with van der Waals surface area (Å²) in [5.41, 5.74) is 0.448. The molecule has 0 fully saturated rings. The molecule has 0 spiro atoms. The summed E-state index contributed by atoms with van der Waals surface area (Å²) in [5.74, 6) is -0.307. The lowest BCUT2D eigenvalue weighted by molar-refractivity contribution is -0.138. The van der Waals surface area contributed by atoms with Crippen molar-refractivity contribution in [3.8, 4) is 0 Å². The van der Waals surface area contributed by atoms with E-state index in [1.165, 1.54) is 0 Å². The molecule has 0 aromatic rings. The lowest BCUT2D eigenvalue weighted by Crippen LogP contribution is -2.44. The molecule has 0 aliphatic heterocycles. The van der Waals surface area contributed by atoms with Gasteiger partial charge in [0.2, 0.25) is 0 Å². The summed E-state index contributed by atoms with van der Waals surface area (Å²) in [5, 5.41) is 0. The maximum Gasteiger partial charge on any atom is 0.333 e. The third-order valence-corrected chi connectivity index (χ3v) is 11.1. The zero-order chi connectivity index (χ0) is 18.6. The van der Waals surface area contributed by atoms with Crippen LogP contribution in [-0.2, 0) is 23.1 Å². The van der Waals surface area contributed by atoms with Crippen LogP contribution in [0.25, 0.3) is 0 Å². The molecule has 0 radical (unpaired) electrons. The van der Waals surface area contributed by atoms with Crippen LogP contribution in [0.2, 0.25) is 38.3 Å². The summed E-state index contributed by atoms with van der Waals surface area (Å²) < 4.78 is 22.2. The van der Waals surface area contributed by atoms with Gasteiger partial charge >= 0.3 is 5.97 Å². The first-order chi connectivity index (χ1) is 11.1. The molecule has 0 aromatic heterocycles. The fourth-order valence-electron chi connectivity index (χ4n) is 2.48. The number of carbonyl (C=O) groups is 1. The van der Waals surface area contributed by atoms with E-state index in [0.29, 0.717) is 25.4 Å². The molecule has 0 aliphatic carbocycles. The molecule has 0 rings (SSSR count). The van der Waals surface area contributed by atoms with Gasteiger partial charge in [-0.15, -0.1) is 0 Å². The first kappa shape index (κ1) is 30.3. The SMILES string of the molecule is C.C.C=C(C)C(=O)OCCC[Si](C)(C)O[Si](C)(C)CCCOCCOC. The minimum atomic E-state index is -1.73. The van der Waals surface area contributed by atoms with Crippen LogP contribution in [0.5, 0.6) is 0 Å². The van der Waals surface area contributed by atoms with Crippen LogP contribution in [0.15, 0.2) is 12.2 Å². The van der Waals surface area contributed by atoms with E-state index in [2.05, 4.69) is 32.8 Å². The number of ether oxygens (including phenoxy) is 3. The Hall–Kier alpha value is -0.476. The first-order valence-corrected chi connectivity index (χ1v) is 14.9. The molecule has 0 saturated carbocycles. The maximum absolute atomic E-state index is 11.4. The zero-order valence-electron chi connectivity index (χ0n) is 16.4. The predicted molar refractivity (Wildman–Crippen MR) is 117 cm³/mol. The Balaban J connectivity index is -0.00000264. The highest BCUT2D eigenvalue weighted by Crippen LogP contribution is 2.23. The van der Waals surface area contributed by atoms with E-state index in [1.54, 1.807) is 14.0 Å². The number of carbonyl (C=O) groups excluding carboxylic acids is 1. The van der Waals surface area contributed by atoms with E-state index in [0.717, 1.165) is 31.5 Å². The second-order valence-corrected chi connectivity index (χ2v) is 16.2. The molecule has 0 N–H and O–H groups in total. The summed E-state index contributed by atoms with van der Waals surface area (Å²) in [6.45, 7) is 16.8. The predicted octanol–water partition coefficient (Wildman–Crippen LogP) is 5.25. The van der Waals surface area contributed by atoms with Gasteiger partial charge in [-0.3, -0.25) is 0 Å². The summed E-state index contributed by atoms with van der Waals surface area (Å²) in [6.07, 6.45) is 1.88. The highest BCUT2D eigenvalue weighted by Gasteiger charge is 2.32. The van der Waals surface area contributed by atoms with Gasteiger partial charge in [0.15, 0.2) is 16.6 Å². The quantitative estimate of drug-likeness (QED) is 0.170. The number of rotatable bonds is 14. The summed E-state index contributed by atoms with van der Waals surface area (Å²) in [4.78, 5) is 11.4. The molecule has 0 bridgehead atoms. The standard InChI is InChI=1S/C17H36O5Si2.2CH4/c1-16(2)17(18)21-11-9-15-24(6,7)22-23(4,5)14-8-10-20-13-12-19-3;;/h1,8-15H2,2-7H3;2*1H4. The summed E-state index contributed by atoms with van der Waals surface area (Å²) >= 11 is 0. The van der Waals surface area contributed by atoms with Gasteiger partial charge < -0.3 is 18.3 Å². The van der Waals surface area contributed by atoms with Gasteiger partial charge in [-0.2, -0.15) is 0 Å². The lowest BCUT2D eigenvalue weighted by atomic mass is 10.4. The van der Waals surface area contributed by atoms with Crippen molar-refractivity contribution < 1.29 is 23.1 Å². The summed E-state index contributed by atoms with van der Waals surface area (Å²) in [7, 11) is -1.73. The minimum Gasteiger partial charge on any atom is -0.462 e. The highest BCUT2D eigenvalue weighted by atomic mass is 28.4. The molecular formula is C19H44O5Si2. The smallest absolute Gasteiger partial charge is 0.333 e. The van der Waals surface area contributed by atoms with Gasteiger partial charge in [0.25, 0.3) is 0 Å². The van der Waals surface area contributed by atoms with Crippen molar-refractivity contribution in [2.45, 2.75) is 72.9 Å². The summed E-state index contributed by atoms with van der Waals surface area (Å²) in [6, 6.07) is 2.10. The molecule has 0 unspecified atom stereocenters. The van der Waals surface area contributed by atoms with Crippen LogP contribution in [0.1, 0.15) is 34.6 Å². The van der Waals surface area contributed by atoms with E-state index in [1.807, 2.05) is 0 Å². The monoisotopic (exact) mass is 408 g/mol. The number of methoxy groups -OCH3 is 1. The first-order valence-electron chi connectivity index (χ1n) is 8.69. The Morgan fingerprint density at radius 1 is 0.885 bits per heavy atom. The van der Waals surface area contributed by atoms with Crippen molar-refractivity contribution in [1.82, 2.24) is 0 Å². The fourth-order valence-corrected chi connectivity index (χ4v) is 11.3. The van der Waals surface area contributed by atoms with Gasteiger partial charge in [-0.25, -0.2) is 4.79 Å². The normalized spacial score (nSPS) is 11.3. The third kappa shape index (κ3) is 17.0. The molecular weight excluding hydrogens is 364 g/mol. The lowest BCUT2D eigenvalue weighted by Gasteiger charge is -2.34. The topological polar surface area (TPSA) is 54.0 Å². The van der Waals surface area contributed by atoms with Crippen LogP contribution in [0.3, 0.4) is 0 Å². The van der Waals surface area contributed by atoms with Crippen molar-refractivity contribution in [2.75, 3.05) is 33.5 Å². The van der Waals surface area contributed by atoms with Crippen molar-refractivity contribution in [3.05, 3.63) is 12.2 Å². The van der Waals surface area contributed by atoms with E-state index in [9.17, 15) is 4.79 Å². The Labute approximate surface area is 164 Å². The largest absolute Gasteiger partial charge is 0.462 e. The number of esters is 1. The molecule has 26 heavy (non-hydrogen) atoms. The van der Waals surface area contributed by atoms with Gasteiger partial charge in [-0.05, 0) is 58.0 Å². The van der Waals surface area contributed by atoms with Crippen LogP contribution < -0.4 is 0 Å². The van der Waals surface area contributed by atoms with Crippen molar-refractivity contribution >= 4 is 22.6 Å². The molecule has 0 aromatic carbocycles. The van der Waals surface area contributed by atoms with Gasteiger partial charge in [0.1, 0.15) is 0 Å². The third-order valence-electron chi connectivity index (χ3n) is 3.56. The zero-order valence-corrected chi connectivity index (χ0v) is 18.4. The molecule has 7 heteroatoms. The Morgan fingerprint density at radius 2 is 1.38 bits per heavy atom. The van der Waals surface area contributed by atoms with Crippen LogP contribution >= 0.6 is 0 Å². The van der Waals surface area contributed by atoms with Crippen LogP contribution in [0, 0.1) is 0 Å². The molecule has 5 nitrogen and oxygen atoms in total. The minimum absolute atomic E-state index is 0. The van der Waals surface area contributed by atoms with Crippen LogP contribution in [0.4, 0.5) is 0 Å². The van der Waals surface area contributed by atoms with Crippen molar-refractivity contribution in [3.63, 3.8) is 0 Å². The van der Waals surface area contributed by atoms with Gasteiger partial charge in [0, 0.05) is 19.3 Å². The molecule has 158 valence electrons. The van der Waals surface area contributed by atoms with Gasteiger partial charge in [-0.1, -0.05) is 21.4 Å². The molecule has 0 saturated heterocycles. The molecule has 0 atom stereocenters. The second-order valence-electron chi connectivity index (χ2n) is 7.35. The average molecular weight is 409 g/mol. The fraction of sp³-hybridized carbons (Fsp3) is 0.842. The van der Waals surface area contributed by atoms with Crippen LogP contribution in [-0.4, -0.2) is 56.1 Å². The average Bonchev–Trinajstić information content (AvgIpc) is 2.45. The molecule has 0 heterocycles. The number of hydrogen-bond donors (Lipinski definition) is 0. The highest BCUT2D eigenvalue weighted by molar-refractivity contribution is 6.84. The second kappa shape index (κ2) is 15.6. The Kier molecular flexibility index (Phi) is 18.1. The van der Waals surface area contributed by atoms with Gasteiger partial charge in [0.05, 0.1) is 19.8 Å². The van der Waals surface area contributed by atoms with Crippen molar-refractivity contribution in [2.24, 2.45) is 0 Å². The number of hydrogen-bond acceptors (Lipinski definition) is 5. The van der Waals surface area contributed by atoms with E-state index in [4.69, 9.17) is 18.3 Å². The Bertz CT molecular complexity index is 384. The molecule has 0 amide bonds. The van der Waals surface area contributed by atoms with Crippen molar-refractivity contribution in [1.29, 1.82) is 0 Å². The Morgan fingerprint density at radius 3 is 1.85 bits per heavy atom. The van der Waals surface area contributed by atoms with E-state index < -0.39 is 16.6 Å². The van der Waals surface area contributed by atoms with E-state index in [-0.39, 0.29) is 20.8 Å². The maximum atomic E-state index is 11.4. The molecule has 0 aliphatic rings.